The minimum atomic E-state index is -0.0395. The maximum Gasteiger partial charge on any atom is 0.276 e. The molecule has 104 valence electrons. The molecule has 2 unspecified atom stereocenters. The first-order valence-corrected chi connectivity index (χ1v) is 6.75. The number of likely N-dealkylation sites (tertiary alicyclic amines) is 1. The Morgan fingerprint density at radius 3 is 3.32 bits per heavy atom. The molecular weight excluding hydrogens is 246 g/mol. The van der Waals surface area contributed by atoms with Gasteiger partial charge in [0.25, 0.3) is 5.91 Å². The Hall–Kier alpha value is -1.40. The second-order valence-corrected chi connectivity index (χ2v) is 5.28. The second kappa shape index (κ2) is 5.30. The summed E-state index contributed by atoms with van der Waals surface area (Å²) in [7, 11) is 1.58. The average molecular weight is 265 g/mol. The normalized spacial score (nSPS) is 26.5. The third-order valence-corrected chi connectivity index (χ3v) is 3.95. The Balaban J connectivity index is 1.66. The van der Waals surface area contributed by atoms with Crippen molar-refractivity contribution in [2.24, 2.45) is 5.92 Å². The molecular formula is C13H19N3O3. The molecule has 2 saturated heterocycles. The predicted octanol–water partition coefficient (Wildman–Crippen LogP) is 0.645. The van der Waals surface area contributed by atoms with Crippen LogP contribution < -0.4 is 5.32 Å². The summed E-state index contributed by atoms with van der Waals surface area (Å²) in [5.74, 6) is 1.13. The van der Waals surface area contributed by atoms with E-state index < -0.39 is 0 Å². The number of methoxy groups -OCH3 is 1. The summed E-state index contributed by atoms with van der Waals surface area (Å²) in [6.07, 6.45) is 2.40. The van der Waals surface area contributed by atoms with Crippen LogP contribution >= 0.6 is 0 Å². The summed E-state index contributed by atoms with van der Waals surface area (Å²) in [6, 6.07) is 2.12. The zero-order valence-corrected chi connectivity index (χ0v) is 11.1. The molecule has 6 heteroatoms. The molecule has 0 radical (unpaired) electrons. The summed E-state index contributed by atoms with van der Waals surface area (Å²) < 4.78 is 10.0. The van der Waals surface area contributed by atoms with Gasteiger partial charge >= 0.3 is 0 Å². The molecule has 2 aliphatic heterocycles. The molecule has 1 amide bonds. The Labute approximate surface area is 112 Å². The van der Waals surface area contributed by atoms with Gasteiger partial charge in [0, 0.05) is 32.3 Å². The van der Waals surface area contributed by atoms with Crippen molar-refractivity contribution >= 4 is 5.91 Å². The van der Waals surface area contributed by atoms with E-state index in [-0.39, 0.29) is 5.91 Å². The maximum atomic E-state index is 12.3. The van der Waals surface area contributed by atoms with E-state index in [2.05, 4.69) is 10.5 Å². The molecule has 1 aromatic heterocycles. The number of carbonyl (C=O) groups is 1. The van der Waals surface area contributed by atoms with Crippen molar-refractivity contribution in [3.8, 4) is 0 Å². The number of ether oxygens (including phenoxy) is 1. The van der Waals surface area contributed by atoms with Gasteiger partial charge in [-0.25, -0.2) is 0 Å². The van der Waals surface area contributed by atoms with Crippen LogP contribution in [0, 0.1) is 5.92 Å². The van der Waals surface area contributed by atoms with Crippen LogP contribution in [0.1, 0.15) is 29.1 Å². The highest BCUT2D eigenvalue weighted by Gasteiger charge is 2.37. The molecule has 3 heterocycles. The lowest BCUT2D eigenvalue weighted by molar-refractivity contribution is 0.0774. The van der Waals surface area contributed by atoms with Crippen LogP contribution in [0.15, 0.2) is 10.6 Å². The zero-order chi connectivity index (χ0) is 13.2. The van der Waals surface area contributed by atoms with Gasteiger partial charge in [0.2, 0.25) is 0 Å². The van der Waals surface area contributed by atoms with Gasteiger partial charge in [-0.05, 0) is 25.3 Å². The fraction of sp³-hybridized carbons (Fsp3) is 0.692. The first-order valence-electron chi connectivity index (χ1n) is 6.75. The van der Waals surface area contributed by atoms with Gasteiger partial charge in [-0.15, -0.1) is 0 Å². The fourth-order valence-electron chi connectivity index (χ4n) is 3.00. The first-order chi connectivity index (χ1) is 9.28. The van der Waals surface area contributed by atoms with Crippen molar-refractivity contribution in [3.63, 3.8) is 0 Å². The summed E-state index contributed by atoms with van der Waals surface area (Å²) in [6.45, 7) is 3.00. The third-order valence-electron chi connectivity index (χ3n) is 3.95. The van der Waals surface area contributed by atoms with Crippen molar-refractivity contribution < 1.29 is 14.1 Å². The van der Waals surface area contributed by atoms with Crippen molar-refractivity contribution in [2.75, 3.05) is 26.7 Å². The first kappa shape index (κ1) is 12.6. The zero-order valence-electron chi connectivity index (χ0n) is 11.1. The second-order valence-electron chi connectivity index (χ2n) is 5.28. The molecule has 0 bridgehead atoms. The Bertz CT molecular complexity index is 446. The molecule has 3 rings (SSSR count). The number of piperidine rings is 1. The SMILES string of the molecule is COCc1cc(C(=O)N2CC3CCCNC3C2)no1. The Kier molecular flexibility index (Phi) is 3.52. The number of hydrogen-bond acceptors (Lipinski definition) is 5. The number of aromatic nitrogens is 1. The average Bonchev–Trinajstić information content (AvgIpc) is 3.04. The van der Waals surface area contributed by atoms with Gasteiger partial charge in [0.05, 0.1) is 0 Å². The predicted molar refractivity (Wildman–Crippen MR) is 67.6 cm³/mol. The molecule has 19 heavy (non-hydrogen) atoms. The van der Waals surface area contributed by atoms with E-state index in [4.69, 9.17) is 9.26 Å². The van der Waals surface area contributed by atoms with Crippen molar-refractivity contribution in [1.29, 1.82) is 0 Å². The minimum Gasteiger partial charge on any atom is -0.377 e. The number of nitrogens with one attached hydrogen (secondary N) is 1. The van der Waals surface area contributed by atoms with E-state index in [0.717, 1.165) is 19.6 Å². The molecule has 0 aromatic carbocycles. The lowest BCUT2D eigenvalue weighted by atomic mass is 9.94. The highest BCUT2D eigenvalue weighted by molar-refractivity contribution is 5.92. The van der Waals surface area contributed by atoms with Crippen molar-refractivity contribution in [1.82, 2.24) is 15.4 Å². The lowest BCUT2D eigenvalue weighted by Gasteiger charge is -2.24. The van der Waals surface area contributed by atoms with Gasteiger partial charge in [0.1, 0.15) is 6.61 Å². The van der Waals surface area contributed by atoms with Crippen molar-refractivity contribution in [3.05, 3.63) is 17.5 Å². The van der Waals surface area contributed by atoms with Crippen LogP contribution in [0.4, 0.5) is 0 Å². The minimum absolute atomic E-state index is 0.0395. The van der Waals surface area contributed by atoms with Gasteiger partial charge in [-0.3, -0.25) is 4.79 Å². The summed E-state index contributed by atoms with van der Waals surface area (Å²) >= 11 is 0. The molecule has 1 N–H and O–H groups in total. The number of hydrogen-bond donors (Lipinski definition) is 1. The Morgan fingerprint density at radius 1 is 1.63 bits per heavy atom. The summed E-state index contributed by atoms with van der Waals surface area (Å²) in [5.41, 5.74) is 0.380. The molecule has 0 saturated carbocycles. The van der Waals surface area contributed by atoms with Crippen LogP contribution in [-0.4, -0.2) is 48.7 Å². The van der Waals surface area contributed by atoms with E-state index in [0.29, 0.717) is 30.0 Å². The molecule has 1 aromatic rings. The van der Waals surface area contributed by atoms with E-state index >= 15 is 0 Å². The van der Waals surface area contributed by atoms with Crippen LogP contribution in [0.5, 0.6) is 0 Å². The number of carbonyl (C=O) groups excluding carboxylic acids is 1. The van der Waals surface area contributed by atoms with Gasteiger partial charge in [0.15, 0.2) is 11.5 Å². The number of fused-ring (bicyclic) bond motifs is 1. The van der Waals surface area contributed by atoms with E-state index in [9.17, 15) is 4.79 Å². The highest BCUT2D eigenvalue weighted by Crippen LogP contribution is 2.26. The number of nitrogens with zero attached hydrogens (tertiary/aromatic N) is 2. The number of amides is 1. The van der Waals surface area contributed by atoms with E-state index in [1.54, 1.807) is 13.2 Å². The monoisotopic (exact) mass is 265 g/mol. The maximum absolute atomic E-state index is 12.3. The summed E-state index contributed by atoms with van der Waals surface area (Å²) in [5, 5.41) is 7.32. The standard InChI is InChI=1S/C13H19N3O3/c1-18-8-10-5-11(15-19-10)13(17)16-6-9-3-2-4-14-12(9)7-16/h5,9,12,14H,2-4,6-8H2,1H3. The third kappa shape index (κ3) is 2.50. The molecule has 0 aliphatic carbocycles. The molecule has 2 fully saturated rings. The fourth-order valence-corrected chi connectivity index (χ4v) is 3.00. The van der Waals surface area contributed by atoms with Gasteiger partial charge in [-0.1, -0.05) is 5.16 Å². The highest BCUT2D eigenvalue weighted by atomic mass is 16.5. The molecule has 6 nitrogen and oxygen atoms in total. The molecule has 2 atom stereocenters. The smallest absolute Gasteiger partial charge is 0.276 e. The van der Waals surface area contributed by atoms with E-state index in [1.807, 2.05) is 4.90 Å². The quantitative estimate of drug-likeness (QED) is 0.869. The topological polar surface area (TPSA) is 67.6 Å². The van der Waals surface area contributed by atoms with Gasteiger partial charge < -0.3 is 19.5 Å². The van der Waals surface area contributed by atoms with Gasteiger partial charge in [-0.2, -0.15) is 0 Å². The largest absolute Gasteiger partial charge is 0.377 e. The lowest BCUT2D eigenvalue weighted by Crippen LogP contribution is -2.41. The van der Waals surface area contributed by atoms with Crippen molar-refractivity contribution in [2.45, 2.75) is 25.5 Å². The van der Waals surface area contributed by atoms with Crippen LogP contribution in [0.3, 0.4) is 0 Å². The molecule has 2 aliphatic rings. The summed E-state index contributed by atoms with van der Waals surface area (Å²) in [4.78, 5) is 14.2. The Morgan fingerprint density at radius 2 is 2.53 bits per heavy atom. The van der Waals surface area contributed by atoms with Crippen LogP contribution in [-0.2, 0) is 11.3 Å². The van der Waals surface area contributed by atoms with E-state index in [1.165, 1.54) is 12.8 Å². The van der Waals surface area contributed by atoms with Crippen LogP contribution in [0.25, 0.3) is 0 Å². The number of rotatable bonds is 3. The molecule has 0 spiro atoms. The van der Waals surface area contributed by atoms with Crippen LogP contribution in [0.2, 0.25) is 0 Å².